The number of benzene rings is 1. The highest BCUT2D eigenvalue weighted by molar-refractivity contribution is 5.36. The molecule has 0 radical (unpaired) electrons. The van der Waals surface area contributed by atoms with Crippen molar-refractivity contribution < 1.29 is 5.11 Å². The first-order valence-corrected chi connectivity index (χ1v) is 6.41. The summed E-state index contributed by atoms with van der Waals surface area (Å²) in [6.07, 6.45) is 1.97. The van der Waals surface area contributed by atoms with Crippen LogP contribution in [0, 0.1) is 0 Å². The summed E-state index contributed by atoms with van der Waals surface area (Å²) in [5.74, 6) is 0. The molecular weight excluding hydrogens is 212 g/mol. The van der Waals surface area contributed by atoms with Crippen molar-refractivity contribution in [1.82, 2.24) is 10.2 Å². The Hall–Kier alpha value is -0.900. The van der Waals surface area contributed by atoms with Gasteiger partial charge in [-0.1, -0.05) is 24.3 Å². The normalized spacial score (nSPS) is 33.6. The molecule has 1 fully saturated rings. The molecule has 3 heteroatoms. The molecule has 0 bridgehead atoms. The van der Waals surface area contributed by atoms with Gasteiger partial charge in [-0.2, -0.15) is 0 Å². The Labute approximate surface area is 102 Å². The summed E-state index contributed by atoms with van der Waals surface area (Å²) in [7, 11) is 2.09. The maximum Gasteiger partial charge on any atom is 0.0968 e. The monoisotopic (exact) mass is 232 g/mol. The van der Waals surface area contributed by atoms with Crippen LogP contribution in [0.1, 0.15) is 30.0 Å². The predicted molar refractivity (Wildman–Crippen MR) is 67.7 cm³/mol. The topological polar surface area (TPSA) is 35.5 Å². The summed E-state index contributed by atoms with van der Waals surface area (Å²) in [4.78, 5) is 2.23. The van der Waals surface area contributed by atoms with Crippen molar-refractivity contribution in [2.45, 2.75) is 31.0 Å². The summed E-state index contributed by atoms with van der Waals surface area (Å²) in [6.45, 7) is 2.74. The van der Waals surface area contributed by atoms with E-state index in [9.17, 15) is 5.11 Å². The Morgan fingerprint density at radius 3 is 3.06 bits per heavy atom. The predicted octanol–water partition coefficient (Wildman–Crippen LogP) is 1.29. The fourth-order valence-electron chi connectivity index (χ4n) is 3.29. The number of rotatable bonds is 1. The minimum atomic E-state index is -0.612. The standard InChI is InChI=1S/C14H20N2O/c1-16-8-4-7-14(17,10-16)13-12-6-3-2-5-11(12)9-15-13/h2-3,5-6,13,15,17H,4,7-10H2,1H3. The first kappa shape index (κ1) is 11.2. The van der Waals surface area contributed by atoms with Crippen LogP contribution in [0.3, 0.4) is 0 Å². The van der Waals surface area contributed by atoms with E-state index in [1.54, 1.807) is 0 Å². The molecule has 17 heavy (non-hydrogen) atoms. The first-order valence-electron chi connectivity index (χ1n) is 6.41. The van der Waals surface area contributed by atoms with Crippen molar-refractivity contribution in [3.63, 3.8) is 0 Å². The fraction of sp³-hybridized carbons (Fsp3) is 0.571. The minimum absolute atomic E-state index is 0.0986. The van der Waals surface area contributed by atoms with Gasteiger partial charge in [0, 0.05) is 13.1 Å². The molecule has 2 N–H and O–H groups in total. The molecule has 1 saturated heterocycles. The van der Waals surface area contributed by atoms with Crippen molar-refractivity contribution in [2.24, 2.45) is 0 Å². The summed E-state index contributed by atoms with van der Waals surface area (Å²) in [5, 5.41) is 14.4. The number of nitrogens with one attached hydrogen (secondary N) is 1. The molecule has 2 heterocycles. The minimum Gasteiger partial charge on any atom is -0.387 e. The third-order valence-electron chi connectivity index (χ3n) is 4.09. The van der Waals surface area contributed by atoms with E-state index < -0.39 is 5.60 Å². The molecule has 3 nitrogen and oxygen atoms in total. The van der Waals surface area contributed by atoms with Crippen LogP contribution < -0.4 is 5.32 Å². The maximum absolute atomic E-state index is 10.9. The van der Waals surface area contributed by atoms with E-state index in [1.165, 1.54) is 11.1 Å². The van der Waals surface area contributed by atoms with Gasteiger partial charge >= 0.3 is 0 Å². The number of nitrogens with zero attached hydrogens (tertiary/aromatic N) is 1. The zero-order valence-electron chi connectivity index (χ0n) is 10.3. The molecule has 0 aliphatic carbocycles. The van der Waals surface area contributed by atoms with Crippen LogP contribution in [0.25, 0.3) is 0 Å². The second kappa shape index (κ2) is 4.09. The van der Waals surface area contributed by atoms with E-state index in [-0.39, 0.29) is 6.04 Å². The zero-order valence-corrected chi connectivity index (χ0v) is 10.3. The quantitative estimate of drug-likeness (QED) is 0.766. The highest BCUT2D eigenvalue weighted by atomic mass is 16.3. The highest BCUT2D eigenvalue weighted by Gasteiger charge is 2.43. The lowest BCUT2D eigenvalue weighted by atomic mass is 9.82. The number of likely N-dealkylation sites (N-methyl/N-ethyl adjacent to an activating group) is 1. The molecule has 2 aliphatic heterocycles. The van der Waals surface area contributed by atoms with Gasteiger partial charge in [0.15, 0.2) is 0 Å². The molecule has 0 spiro atoms. The SMILES string of the molecule is CN1CCCC(O)(C2NCc3ccccc32)C1. The average molecular weight is 232 g/mol. The van der Waals surface area contributed by atoms with Crippen molar-refractivity contribution in [3.05, 3.63) is 35.4 Å². The van der Waals surface area contributed by atoms with E-state index in [0.717, 1.165) is 32.5 Å². The van der Waals surface area contributed by atoms with E-state index in [2.05, 4.69) is 41.5 Å². The molecule has 1 aromatic rings. The van der Waals surface area contributed by atoms with Gasteiger partial charge in [-0.3, -0.25) is 0 Å². The number of β-amino-alcohol motifs (C(OH)–C–C–N with tert-alkyl or cyclic N) is 1. The van der Waals surface area contributed by atoms with Crippen LogP contribution in [0.15, 0.2) is 24.3 Å². The van der Waals surface area contributed by atoms with Crippen molar-refractivity contribution in [2.75, 3.05) is 20.1 Å². The van der Waals surface area contributed by atoms with Gasteiger partial charge in [0.2, 0.25) is 0 Å². The van der Waals surface area contributed by atoms with E-state index in [1.807, 2.05) is 0 Å². The van der Waals surface area contributed by atoms with Crippen molar-refractivity contribution in [3.8, 4) is 0 Å². The van der Waals surface area contributed by atoms with Gasteiger partial charge in [-0.25, -0.2) is 0 Å². The second-order valence-electron chi connectivity index (χ2n) is 5.46. The van der Waals surface area contributed by atoms with Crippen LogP contribution in [-0.2, 0) is 6.54 Å². The number of likely N-dealkylation sites (tertiary alicyclic amines) is 1. The van der Waals surface area contributed by atoms with Crippen LogP contribution >= 0.6 is 0 Å². The summed E-state index contributed by atoms with van der Waals surface area (Å²) < 4.78 is 0. The van der Waals surface area contributed by atoms with E-state index in [0.29, 0.717) is 0 Å². The van der Waals surface area contributed by atoms with Crippen LogP contribution in [0.4, 0.5) is 0 Å². The Morgan fingerprint density at radius 2 is 2.24 bits per heavy atom. The molecule has 1 aromatic carbocycles. The molecule has 2 unspecified atom stereocenters. The molecule has 92 valence electrons. The van der Waals surface area contributed by atoms with E-state index >= 15 is 0 Å². The zero-order chi connectivity index (χ0) is 11.9. The number of fused-ring (bicyclic) bond motifs is 1. The second-order valence-corrected chi connectivity index (χ2v) is 5.46. The number of piperidine rings is 1. The van der Waals surface area contributed by atoms with Crippen LogP contribution in [0.2, 0.25) is 0 Å². The van der Waals surface area contributed by atoms with Crippen molar-refractivity contribution >= 4 is 0 Å². The van der Waals surface area contributed by atoms with Gasteiger partial charge < -0.3 is 15.3 Å². The van der Waals surface area contributed by atoms with Crippen LogP contribution in [0.5, 0.6) is 0 Å². The number of hydrogen-bond donors (Lipinski definition) is 2. The molecule has 2 atom stereocenters. The molecule has 0 aromatic heterocycles. The highest BCUT2D eigenvalue weighted by Crippen LogP contribution is 2.38. The largest absolute Gasteiger partial charge is 0.387 e. The lowest BCUT2D eigenvalue weighted by Gasteiger charge is -2.41. The molecule has 2 aliphatic rings. The smallest absolute Gasteiger partial charge is 0.0968 e. The molecule has 3 rings (SSSR count). The van der Waals surface area contributed by atoms with Gasteiger partial charge in [0.05, 0.1) is 11.6 Å². The Kier molecular flexibility index (Phi) is 2.69. The Bertz CT molecular complexity index is 420. The average Bonchev–Trinajstić information content (AvgIpc) is 2.72. The van der Waals surface area contributed by atoms with Gasteiger partial charge in [-0.15, -0.1) is 0 Å². The summed E-state index contributed by atoms with van der Waals surface area (Å²) in [5.41, 5.74) is 2.00. The fourth-order valence-corrected chi connectivity index (χ4v) is 3.29. The Morgan fingerprint density at radius 1 is 1.41 bits per heavy atom. The summed E-state index contributed by atoms with van der Waals surface area (Å²) in [6, 6.07) is 8.53. The van der Waals surface area contributed by atoms with Gasteiger partial charge in [-0.05, 0) is 37.6 Å². The number of aliphatic hydroxyl groups is 1. The number of hydrogen-bond acceptors (Lipinski definition) is 3. The molecule has 0 saturated carbocycles. The molecule has 0 amide bonds. The van der Waals surface area contributed by atoms with Crippen LogP contribution in [-0.4, -0.2) is 35.7 Å². The van der Waals surface area contributed by atoms with Gasteiger partial charge in [0.1, 0.15) is 0 Å². The van der Waals surface area contributed by atoms with E-state index in [4.69, 9.17) is 0 Å². The third kappa shape index (κ3) is 1.88. The van der Waals surface area contributed by atoms with Gasteiger partial charge in [0.25, 0.3) is 0 Å². The lowest BCUT2D eigenvalue weighted by molar-refractivity contribution is -0.0509. The first-order chi connectivity index (χ1) is 8.19. The van der Waals surface area contributed by atoms with Crippen molar-refractivity contribution in [1.29, 1.82) is 0 Å². The summed E-state index contributed by atoms with van der Waals surface area (Å²) >= 11 is 0. The Balaban J connectivity index is 1.90. The lowest BCUT2D eigenvalue weighted by Crippen LogP contribution is -2.52. The third-order valence-corrected chi connectivity index (χ3v) is 4.09. The molecular formula is C14H20N2O. The maximum atomic E-state index is 10.9.